The van der Waals surface area contributed by atoms with Crippen molar-refractivity contribution in [3.63, 3.8) is 0 Å². The van der Waals surface area contributed by atoms with Gasteiger partial charge in [-0.05, 0) is 26.7 Å². The van der Waals surface area contributed by atoms with E-state index in [1.54, 1.807) is 10.9 Å². The smallest absolute Gasteiger partial charge is 0.163 e. The number of aromatic nitrogens is 4. The van der Waals surface area contributed by atoms with E-state index >= 15 is 0 Å². The van der Waals surface area contributed by atoms with E-state index in [4.69, 9.17) is 5.73 Å². The maximum atomic E-state index is 6.02. The molecule has 6 nitrogen and oxygen atoms in total. The van der Waals surface area contributed by atoms with Gasteiger partial charge >= 0.3 is 0 Å². The molecular weight excluding hydrogens is 252 g/mol. The van der Waals surface area contributed by atoms with Crippen molar-refractivity contribution in [3.8, 4) is 0 Å². The van der Waals surface area contributed by atoms with Crippen LogP contribution in [-0.2, 0) is 13.6 Å². The van der Waals surface area contributed by atoms with E-state index in [9.17, 15) is 0 Å². The van der Waals surface area contributed by atoms with Gasteiger partial charge in [0.2, 0.25) is 0 Å². The molecule has 0 saturated carbocycles. The third-order valence-corrected chi connectivity index (χ3v) is 4.37. The van der Waals surface area contributed by atoms with Crippen molar-refractivity contribution < 1.29 is 0 Å². The normalized spacial score (nSPS) is 24.4. The number of anilines is 1. The van der Waals surface area contributed by atoms with E-state index in [0.29, 0.717) is 17.9 Å². The molecule has 0 unspecified atom stereocenters. The van der Waals surface area contributed by atoms with Crippen LogP contribution in [0.4, 0.5) is 5.82 Å². The average Bonchev–Trinajstić information content (AvgIpc) is 2.77. The largest absolute Gasteiger partial charge is 0.383 e. The topological polar surface area (TPSA) is 72.9 Å². The number of rotatable bonds is 2. The zero-order valence-corrected chi connectivity index (χ0v) is 12.4. The van der Waals surface area contributed by atoms with Gasteiger partial charge in [0.1, 0.15) is 11.6 Å². The summed E-state index contributed by atoms with van der Waals surface area (Å²) in [5, 5.41) is 5.02. The number of aryl methyl sites for hydroxylation is 1. The van der Waals surface area contributed by atoms with Crippen LogP contribution in [0.5, 0.6) is 0 Å². The minimum atomic E-state index is 0.524. The Morgan fingerprint density at radius 3 is 2.65 bits per heavy atom. The molecule has 0 spiro atoms. The van der Waals surface area contributed by atoms with Gasteiger partial charge in [-0.25, -0.2) is 9.97 Å². The second-order valence-electron chi connectivity index (χ2n) is 5.83. The SMILES string of the molecule is C[C@@H]1CCC[C@H](C)N1Cc1nc(N)c2cnn(C)c2n1. The van der Waals surface area contributed by atoms with Crippen LogP contribution >= 0.6 is 0 Å². The molecule has 20 heavy (non-hydrogen) atoms. The molecule has 1 aliphatic heterocycles. The molecule has 0 aromatic carbocycles. The molecule has 1 saturated heterocycles. The summed E-state index contributed by atoms with van der Waals surface area (Å²) in [4.78, 5) is 11.5. The third kappa shape index (κ3) is 2.24. The van der Waals surface area contributed by atoms with Crippen molar-refractivity contribution in [2.24, 2.45) is 7.05 Å². The van der Waals surface area contributed by atoms with Crippen LogP contribution in [0.25, 0.3) is 11.0 Å². The van der Waals surface area contributed by atoms with Crippen LogP contribution in [0, 0.1) is 0 Å². The second kappa shape index (κ2) is 5.01. The highest BCUT2D eigenvalue weighted by Gasteiger charge is 2.25. The van der Waals surface area contributed by atoms with Gasteiger partial charge < -0.3 is 5.73 Å². The quantitative estimate of drug-likeness (QED) is 0.902. The van der Waals surface area contributed by atoms with Crippen LogP contribution in [-0.4, -0.2) is 36.7 Å². The van der Waals surface area contributed by atoms with E-state index < -0.39 is 0 Å². The highest BCUT2D eigenvalue weighted by atomic mass is 15.3. The second-order valence-corrected chi connectivity index (χ2v) is 5.83. The van der Waals surface area contributed by atoms with Crippen molar-refractivity contribution in [1.82, 2.24) is 24.6 Å². The van der Waals surface area contributed by atoms with Crippen LogP contribution < -0.4 is 5.73 Å². The zero-order valence-electron chi connectivity index (χ0n) is 12.4. The van der Waals surface area contributed by atoms with Crippen molar-refractivity contribution in [1.29, 1.82) is 0 Å². The number of nitrogens with zero attached hydrogens (tertiary/aromatic N) is 5. The number of likely N-dealkylation sites (tertiary alicyclic amines) is 1. The predicted octanol–water partition coefficient (Wildman–Crippen LogP) is 1.71. The predicted molar refractivity (Wildman–Crippen MR) is 79.0 cm³/mol. The Bertz CT molecular complexity index is 609. The first-order chi connectivity index (χ1) is 9.56. The highest BCUT2D eigenvalue weighted by Crippen LogP contribution is 2.25. The first-order valence-corrected chi connectivity index (χ1v) is 7.26. The Hall–Kier alpha value is -1.69. The first-order valence-electron chi connectivity index (χ1n) is 7.26. The maximum Gasteiger partial charge on any atom is 0.163 e. The van der Waals surface area contributed by atoms with Crippen molar-refractivity contribution in [2.75, 3.05) is 5.73 Å². The Morgan fingerprint density at radius 2 is 1.95 bits per heavy atom. The molecule has 2 N–H and O–H groups in total. The monoisotopic (exact) mass is 274 g/mol. The summed E-state index contributed by atoms with van der Waals surface area (Å²) in [6.07, 6.45) is 5.52. The minimum Gasteiger partial charge on any atom is -0.383 e. The fraction of sp³-hybridized carbons (Fsp3) is 0.643. The molecule has 0 radical (unpaired) electrons. The molecule has 3 heterocycles. The summed E-state index contributed by atoms with van der Waals surface area (Å²) in [6, 6.07) is 1.15. The van der Waals surface area contributed by atoms with E-state index in [-0.39, 0.29) is 0 Å². The number of nitrogen functional groups attached to an aromatic ring is 1. The number of nitrogens with two attached hydrogens (primary N) is 1. The molecule has 0 aliphatic carbocycles. The lowest BCUT2D eigenvalue weighted by Crippen LogP contribution is -2.43. The third-order valence-electron chi connectivity index (χ3n) is 4.37. The number of hydrogen-bond acceptors (Lipinski definition) is 5. The number of piperidine rings is 1. The molecule has 2 aromatic rings. The van der Waals surface area contributed by atoms with Gasteiger partial charge in [-0.3, -0.25) is 9.58 Å². The summed E-state index contributed by atoms with van der Waals surface area (Å²) in [5.74, 6) is 1.31. The Morgan fingerprint density at radius 1 is 1.25 bits per heavy atom. The molecule has 0 bridgehead atoms. The van der Waals surface area contributed by atoms with Gasteiger partial charge in [-0.2, -0.15) is 5.10 Å². The maximum absolute atomic E-state index is 6.02. The molecule has 6 heteroatoms. The minimum absolute atomic E-state index is 0.524. The first kappa shape index (κ1) is 13.3. The number of hydrogen-bond donors (Lipinski definition) is 1. The molecule has 1 fully saturated rings. The Balaban J connectivity index is 1.92. The molecule has 3 rings (SSSR count). The molecule has 108 valence electrons. The fourth-order valence-electron chi connectivity index (χ4n) is 3.11. The Kier molecular flexibility index (Phi) is 3.33. The average molecular weight is 274 g/mol. The lowest BCUT2D eigenvalue weighted by Gasteiger charge is -2.38. The molecule has 1 aliphatic rings. The summed E-state index contributed by atoms with van der Waals surface area (Å²) >= 11 is 0. The summed E-state index contributed by atoms with van der Waals surface area (Å²) in [6.45, 7) is 5.32. The van der Waals surface area contributed by atoms with Gasteiger partial charge in [0.25, 0.3) is 0 Å². The van der Waals surface area contributed by atoms with Gasteiger partial charge in [0.05, 0.1) is 18.1 Å². The standard InChI is InChI=1S/C14H22N6/c1-9-5-4-6-10(2)20(9)8-12-17-13(15)11-7-16-19(3)14(11)18-12/h7,9-10H,4-6,8H2,1-3H3,(H2,15,17,18)/t9-,10+. The van der Waals surface area contributed by atoms with Gasteiger partial charge in [-0.1, -0.05) is 6.42 Å². The van der Waals surface area contributed by atoms with Crippen molar-refractivity contribution in [2.45, 2.75) is 51.7 Å². The van der Waals surface area contributed by atoms with Gasteiger partial charge in [-0.15, -0.1) is 0 Å². The summed E-state index contributed by atoms with van der Waals surface area (Å²) in [7, 11) is 1.88. The van der Waals surface area contributed by atoms with E-state index in [2.05, 4.69) is 33.8 Å². The molecule has 2 aromatic heterocycles. The van der Waals surface area contributed by atoms with Crippen molar-refractivity contribution in [3.05, 3.63) is 12.0 Å². The molecule has 2 atom stereocenters. The summed E-state index contributed by atoms with van der Waals surface area (Å²) in [5.41, 5.74) is 6.83. The van der Waals surface area contributed by atoms with E-state index in [0.717, 1.165) is 23.4 Å². The van der Waals surface area contributed by atoms with E-state index in [1.165, 1.54) is 19.3 Å². The fourth-order valence-corrected chi connectivity index (χ4v) is 3.11. The molecular formula is C14H22N6. The Labute approximate surface area is 119 Å². The lowest BCUT2D eigenvalue weighted by molar-refractivity contribution is 0.0924. The van der Waals surface area contributed by atoms with Crippen LogP contribution in [0.2, 0.25) is 0 Å². The van der Waals surface area contributed by atoms with Gasteiger partial charge in [0, 0.05) is 19.1 Å². The van der Waals surface area contributed by atoms with Gasteiger partial charge in [0.15, 0.2) is 5.65 Å². The zero-order chi connectivity index (χ0) is 14.3. The van der Waals surface area contributed by atoms with Crippen LogP contribution in [0.1, 0.15) is 38.9 Å². The van der Waals surface area contributed by atoms with Crippen molar-refractivity contribution >= 4 is 16.9 Å². The van der Waals surface area contributed by atoms with E-state index in [1.807, 2.05) is 7.05 Å². The molecule has 0 amide bonds. The van der Waals surface area contributed by atoms with Crippen LogP contribution in [0.15, 0.2) is 6.20 Å². The lowest BCUT2D eigenvalue weighted by atomic mass is 9.97. The highest BCUT2D eigenvalue weighted by molar-refractivity contribution is 5.84. The summed E-state index contributed by atoms with van der Waals surface area (Å²) < 4.78 is 1.75. The number of fused-ring (bicyclic) bond motifs is 1. The van der Waals surface area contributed by atoms with Crippen LogP contribution in [0.3, 0.4) is 0 Å².